The van der Waals surface area contributed by atoms with Crippen LogP contribution in [-0.2, 0) is 0 Å². The van der Waals surface area contributed by atoms with Crippen molar-refractivity contribution in [2.24, 2.45) is 5.41 Å². The van der Waals surface area contributed by atoms with Crippen LogP contribution in [0.15, 0.2) is 6.07 Å². The van der Waals surface area contributed by atoms with Crippen LogP contribution in [0.25, 0.3) is 0 Å². The van der Waals surface area contributed by atoms with Crippen molar-refractivity contribution in [3.05, 3.63) is 28.6 Å². The maximum Gasteiger partial charge on any atom is 0.0494 e. The van der Waals surface area contributed by atoms with Gasteiger partial charge >= 0.3 is 0 Å². The molecule has 1 atom stereocenters. The summed E-state index contributed by atoms with van der Waals surface area (Å²) in [7, 11) is 0. The lowest BCUT2D eigenvalue weighted by Gasteiger charge is -2.26. The van der Waals surface area contributed by atoms with Crippen molar-refractivity contribution < 1.29 is 5.11 Å². The zero-order valence-corrected chi connectivity index (χ0v) is 12.5. The third-order valence-corrected chi connectivity index (χ3v) is 3.33. The van der Waals surface area contributed by atoms with E-state index in [0.717, 1.165) is 17.9 Å². The summed E-state index contributed by atoms with van der Waals surface area (Å²) >= 11 is 0. The van der Waals surface area contributed by atoms with Crippen molar-refractivity contribution in [3.8, 4) is 0 Å². The molecule has 1 rings (SSSR count). The molecule has 0 aliphatic carbocycles. The molecule has 1 aromatic rings. The van der Waals surface area contributed by atoms with Crippen LogP contribution in [0.3, 0.4) is 0 Å². The average molecular weight is 250 g/mol. The normalized spacial score (nSPS) is 13.7. The number of aryl methyl sites for hydroxylation is 3. The van der Waals surface area contributed by atoms with Gasteiger partial charge in [-0.2, -0.15) is 0 Å². The lowest BCUT2D eigenvalue weighted by molar-refractivity contribution is 0.154. The van der Waals surface area contributed by atoms with Gasteiger partial charge in [0.25, 0.3) is 0 Å². The highest BCUT2D eigenvalue weighted by Gasteiger charge is 2.19. The molecular weight excluding hydrogens is 224 g/mol. The molecule has 0 spiro atoms. The first-order valence-corrected chi connectivity index (χ1v) is 6.56. The van der Waals surface area contributed by atoms with Crippen LogP contribution in [0.2, 0.25) is 0 Å². The van der Waals surface area contributed by atoms with E-state index in [1.807, 2.05) is 6.92 Å². The quantitative estimate of drug-likeness (QED) is 0.844. The fraction of sp³-hybridized carbons (Fsp3) is 0.667. The van der Waals surface area contributed by atoms with E-state index in [2.05, 4.69) is 51.0 Å². The Morgan fingerprint density at radius 1 is 1.33 bits per heavy atom. The van der Waals surface area contributed by atoms with Crippen LogP contribution in [0.1, 0.15) is 49.3 Å². The van der Waals surface area contributed by atoms with Gasteiger partial charge in [-0.25, -0.2) is 0 Å². The summed E-state index contributed by atoms with van der Waals surface area (Å²) in [5.41, 5.74) is 4.62. The third kappa shape index (κ3) is 3.79. The van der Waals surface area contributed by atoms with Crippen molar-refractivity contribution in [1.82, 2.24) is 10.3 Å². The molecule has 0 aliphatic rings. The van der Waals surface area contributed by atoms with E-state index in [9.17, 15) is 5.11 Å². The predicted octanol–water partition coefficient (Wildman–Crippen LogP) is 2.68. The molecule has 0 saturated heterocycles. The summed E-state index contributed by atoms with van der Waals surface area (Å²) in [5.74, 6) is 0. The summed E-state index contributed by atoms with van der Waals surface area (Å²) in [4.78, 5) is 4.53. The highest BCUT2D eigenvalue weighted by Crippen LogP contribution is 2.22. The average Bonchev–Trinajstić information content (AvgIpc) is 2.25. The lowest BCUT2D eigenvalue weighted by Crippen LogP contribution is -2.34. The monoisotopic (exact) mass is 250 g/mol. The third-order valence-electron chi connectivity index (χ3n) is 3.33. The molecule has 1 heterocycles. The summed E-state index contributed by atoms with van der Waals surface area (Å²) in [6.45, 7) is 13.5. The Labute approximate surface area is 111 Å². The Bertz CT molecular complexity index is 390. The van der Waals surface area contributed by atoms with Crippen molar-refractivity contribution in [3.63, 3.8) is 0 Å². The number of aliphatic hydroxyl groups is 1. The molecule has 18 heavy (non-hydrogen) atoms. The van der Waals surface area contributed by atoms with Gasteiger partial charge < -0.3 is 10.4 Å². The van der Waals surface area contributed by atoms with Crippen LogP contribution < -0.4 is 5.32 Å². The summed E-state index contributed by atoms with van der Waals surface area (Å²) in [6, 6.07) is 2.38. The smallest absolute Gasteiger partial charge is 0.0494 e. The predicted molar refractivity (Wildman–Crippen MR) is 75.7 cm³/mol. The van der Waals surface area contributed by atoms with Crippen LogP contribution in [0, 0.1) is 26.2 Å². The fourth-order valence-corrected chi connectivity index (χ4v) is 2.28. The van der Waals surface area contributed by atoms with Crippen molar-refractivity contribution in [1.29, 1.82) is 0 Å². The molecule has 102 valence electrons. The second kappa shape index (κ2) is 5.81. The van der Waals surface area contributed by atoms with Gasteiger partial charge in [-0.3, -0.25) is 4.98 Å². The van der Waals surface area contributed by atoms with Gasteiger partial charge in [0.05, 0.1) is 0 Å². The Kier molecular flexibility index (Phi) is 4.88. The zero-order chi connectivity index (χ0) is 13.9. The van der Waals surface area contributed by atoms with Crippen LogP contribution in [-0.4, -0.2) is 23.2 Å². The van der Waals surface area contributed by atoms with E-state index >= 15 is 0 Å². The number of rotatable bonds is 5. The summed E-state index contributed by atoms with van der Waals surface area (Å²) in [6.07, 6.45) is 0. The van der Waals surface area contributed by atoms with Gasteiger partial charge in [0.15, 0.2) is 0 Å². The second-order valence-electron chi connectivity index (χ2n) is 6.00. The molecule has 2 N–H and O–H groups in total. The van der Waals surface area contributed by atoms with E-state index in [0.29, 0.717) is 0 Å². The minimum Gasteiger partial charge on any atom is -0.396 e. The number of pyridine rings is 1. The Morgan fingerprint density at radius 3 is 2.44 bits per heavy atom. The van der Waals surface area contributed by atoms with Gasteiger partial charge in [-0.1, -0.05) is 13.8 Å². The molecule has 0 radical (unpaired) electrons. The summed E-state index contributed by atoms with van der Waals surface area (Å²) in [5, 5.41) is 12.8. The Morgan fingerprint density at radius 2 is 1.94 bits per heavy atom. The minimum atomic E-state index is -0.0891. The van der Waals surface area contributed by atoms with Crippen LogP contribution >= 0.6 is 0 Å². The van der Waals surface area contributed by atoms with Gasteiger partial charge in [0, 0.05) is 36.0 Å². The van der Waals surface area contributed by atoms with Crippen molar-refractivity contribution in [2.45, 2.75) is 47.6 Å². The van der Waals surface area contributed by atoms with Crippen molar-refractivity contribution in [2.75, 3.05) is 13.2 Å². The molecule has 0 amide bonds. The van der Waals surface area contributed by atoms with Gasteiger partial charge in [-0.05, 0) is 44.9 Å². The number of aliphatic hydroxyl groups excluding tert-OH is 1. The highest BCUT2D eigenvalue weighted by atomic mass is 16.3. The van der Waals surface area contributed by atoms with E-state index < -0.39 is 0 Å². The number of hydrogen-bond donors (Lipinski definition) is 2. The molecule has 0 fully saturated rings. The SMILES string of the molecule is Cc1cc(C)c(C(C)NCC(C)(C)CO)c(C)n1. The number of nitrogens with one attached hydrogen (secondary N) is 1. The molecular formula is C15H26N2O. The number of hydrogen-bond acceptors (Lipinski definition) is 3. The molecule has 1 aromatic heterocycles. The first-order valence-electron chi connectivity index (χ1n) is 6.56. The van der Waals surface area contributed by atoms with E-state index in [1.165, 1.54) is 11.1 Å². The molecule has 0 aliphatic heterocycles. The van der Waals surface area contributed by atoms with Crippen LogP contribution in [0.5, 0.6) is 0 Å². The van der Waals surface area contributed by atoms with E-state index in [4.69, 9.17) is 0 Å². The fourth-order valence-electron chi connectivity index (χ4n) is 2.28. The van der Waals surface area contributed by atoms with E-state index in [1.54, 1.807) is 0 Å². The van der Waals surface area contributed by atoms with Gasteiger partial charge in [-0.15, -0.1) is 0 Å². The summed E-state index contributed by atoms with van der Waals surface area (Å²) < 4.78 is 0. The molecule has 3 nitrogen and oxygen atoms in total. The Balaban J connectivity index is 2.82. The van der Waals surface area contributed by atoms with E-state index in [-0.39, 0.29) is 18.1 Å². The Hall–Kier alpha value is -0.930. The standard InChI is InChI=1S/C15H26N2O/c1-10-7-11(2)17-13(4)14(10)12(3)16-8-15(5,6)9-18/h7,12,16,18H,8-9H2,1-6H3. The first-order chi connectivity index (χ1) is 8.26. The topological polar surface area (TPSA) is 45.1 Å². The molecule has 1 unspecified atom stereocenters. The zero-order valence-electron chi connectivity index (χ0n) is 12.5. The van der Waals surface area contributed by atoms with Crippen LogP contribution in [0.4, 0.5) is 0 Å². The highest BCUT2D eigenvalue weighted by molar-refractivity contribution is 5.33. The lowest BCUT2D eigenvalue weighted by atomic mass is 9.93. The largest absolute Gasteiger partial charge is 0.396 e. The van der Waals surface area contributed by atoms with Gasteiger partial charge in [0.2, 0.25) is 0 Å². The number of nitrogens with zero attached hydrogens (tertiary/aromatic N) is 1. The maximum atomic E-state index is 9.27. The number of aromatic nitrogens is 1. The minimum absolute atomic E-state index is 0.0891. The first kappa shape index (κ1) is 15.1. The molecule has 0 aromatic carbocycles. The van der Waals surface area contributed by atoms with Crippen molar-refractivity contribution >= 4 is 0 Å². The molecule has 0 saturated carbocycles. The van der Waals surface area contributed by atoms with Gasteiger partial charge in [0.1, 0.15) is 0 Å². The second-order valence-corrected chi connectivity index (χ2v) is 6.00. The molecule has 0 bridgehead atoms. The maximum absolute atomic E-state index is 9.27. The molecule has 3 heteroatoms.